The minimum atomic E-state index is -3.72. The predicted octanol–water partition coefficient (Wildman–Crippen LogP) is -2.29. The van der Waals surface area contributed by atoms with E-state index >= 15 is 0 Å². The van der Waals surface area contributed by atoms with E-state index < -0.39 is 33.3 Å². The number of hydrogen-bond acceptors (Lipinski definition) is 6. The molecule has 7 heteroatoms. The Kier molecular flexibility index (Phi) is 4.39. The summed E-state index contributed by atoms with van der Waals surface area (Å²) in [6.07, 6.45) is 0. The van der Waals surface area contributed by atoms with Crippen LogP contribution in [0.3, 0.4) is 0 Å². The van der Waals surface area contributed by atoms with Crippen LogP contribution in [0.2, 0.25) is 0 Å². The third-order valence-electron chi connectivity index (χ3n) is 1.04. The molecule has 0 spiro atoms. The Labute approximate surface area is 75.4 Å². The van der Waals surface area contributed by atoms with Crippen LogP contribution in [0.1, 0.15) is 6.92 Å². The van der Waals surface area contributed by atoms with Gasteiger partial charge >= 0.3 is 5.97 Å². The van der Waals surface area contributed by atoms with E-state index in [1.54, 1.807) is 0 Å². The molecule has 0 bridgehead atoms. The SMILES string of the molecule is CC(=O)OCCS(=O)(=O)CC(=O)[O-]. The third kappa shape index (κ3) is 7.26. The summed E-state index contributed by atoms with van der Waals surface area (Å²) in [5, 5.41) is 9.91. The Balaban J connectivity index is 3.91. The molecular weight excluding hydrogens is 200 g/mol. The quantitative estimate of drug-likeness (QED) is 0.472. The second-order valence-electron chi connectivity index (χ2n) is 2.30. The first-order chi connectivity index (χ1) is 5.83. The lowest BCUT2D eigenvalue weighted by atomic mass is 10.8. The van der Waals surface area contributed by atoms with Crippen molar-refractivity contribution in [2.24, 2.45) is 0 Å². The molecule has 0 saturated carbocycles. The molecule has 13 heavy (non-hydrogen) atoms. The molecule has 0 radical (unpaired) electrons. The molecule has 0 unspecified atom stereocenters. The number of carbonyl (C=O) groups excluding carboxylic acids is 2. The van der Waals surface area contributed by atoms with Crippen LogP contribution >= 0.6 is 0 Å². The Bertz CT molecular complexity index is 290. The predicted molar refractivity (Wildman–Crippen MR) is 40.3 cm³/mol. The first-order valence-electron chi connectivity index (χ1n) is 3.37. The summed E-state index contributed by atoms with van der Waals surface area (Å²) in [6.45, 7) is 0.802. The van der Waals surface area contributed by atoms with Gasteiger partial charge in [-0.05, 0) is 0 Å². The van der Waals surface area contributed by atoms with Gasteiger partial charge in [-0.1, -0.05) is 0 Å². The van der Waals surface area contributed by atoms with Crippen molar-refractivity contribution in [3.05, 3.63) is 0 Å². The number of carboxylic acid groups (broad SMARTS) is 1. The van der Waals surface area contributed by atoms with E-state index in [1.807, 2.05) is 0 Å². The minimum absolute atomic E-state index is 0.328. The van der Waals surface area contributed by atoms with Gasteiger partial charge in [-0.3, -0.25) is 4.79 Å². The highest BCUT2D eigenvalue weighted by molar-refractivity contribution is 7.92. The number of rotatable bonds is 5. The maximum absolute atomic E-state index is 10.8. The van der Waals surface area contributed by atoms with Crippen LogP contribution in [0.5, 0.6) is 0 Å². The highest BCUT2D eigenvalue weighted by atomic mass is 32.2. The summed E-state index contributed by atoms with van der Waals surface area (Å²) in [7, 11) is -3.72. The molecule has 76 valence electrons. The van der Waals surface area contributed by atoms with Gasteiger partial charge in [0.1, 0.15) is 6.61 Å². The first-order valence-corrected chi connectivity index (χ1v) is 5.19. The van der Waals surface area contributed by atoms with E-state index in [2.05, 4.69) is 4.74 Å². The lowest BCUT2D eigenvalue weighted by molar-refractivity contribution is -0.301. The summed E-state index contributed by atoms with van der Waals surface area (Å²) in [4.78, 5) is 20.1. The van der Waals surface area contributed by atoms with E-state index in [9.17, 15) is 23.1 Å². The number of esters is 1. The van der Waals surface area contributed by atoms with Gasteiger partial charge in [-0.25, -0.2) is 8.42 Å². The summed E-state index contributed by atoms with van der Waals surface area (Å²) in [6, 6.07) is 0. The van der Waals surface area contributed by atoms with Crippen molar-refractivity contribution in [3.8, 4) is 0 Å². The van der Waals surface area contributed by atoms with Crippen molar-refractivity contribution in [3.63, 3.8) is 0 Å². The average Bonchev–Trinajstić information content (AvgIpc) is 1.81. The zero-order chi connectivity index (χ0) is 10.5. The normalized spacial score (nSPS) is 10.8. The van der Waals surface area contributed by atoms with Crippen LogP contribution in [-0.2, 0) is 24.2 Å². The maximum Gasteiger partial charge on any atom is 0.302 e. The summed E-state index contributed by atoms with van der Waals surface area (Å²) >= 11 is 0. The molecule has 0 N–H and O–H groups in total. The van der Waals surface area contributed by atoms with E-state index in [0.717, 1.165) is 6.92 Å². The van der Waals surface area contributed by atoms with Crippen LogP contribution in [0.4, 0.5) is 0 Å². The Hall–Kier alpha value is -1.11. The van der Waals surface area contributed by atoms with Crippen molar-refractivity contribution in [2.45, 2.75) is 6.92 Å². The van der Waals surface area contributed by atoms with Crippen LogP contribution < -0.4 is 5.11 Å². The number of carbonyl (C=O) groups is 2. The van der Waals surface area contributed by atoms with Gasteiger partial charge in [-0.2, -0.15) is 0 Å². The summed E-state index contributed by atoms with van der Waals surface area (Å²) in [5.74, 6) is -3.82. The van der Waals surface area contributed by atoms with Crippen molar-refractivity contribution in [1.29, 1.82) is 0 Å². The Morgan fingerprint density at radius 2 is 1.92 bits per heavy atom. The van der Waals surface area contributed by atoms with Gasteiger partial charge in [0, 0.05) is 6.92 Å². The van der Waals surface area contributed by atoms with Crippen LogP contribution in [0, 0.1) is 0 Å². The lowest BCUT2D eigenvalue weighted by Crippen LogP contribution is -2.32. The molecule has 0 saturated heterocycles. The lowest BCUT2D eigenvalue weighted by Gasteiger charge is -2.04. The second-order valence-corrected chi connectivity index (χ2v) is 4.49. The van der Waals surface area contributed by atoms with E-state index in [0.29, 0.717) is 0 Å². The largest absolute Gasteiger partial charge is 0.549 e. The molecule has 0 aromatic carbocycles. The van der Waals surface area contributed by atoms with Crippen molar-refractivity contribution in [2.75, 3.05) is 18.1 Å². The first kappa shape index (κ1) is 11.9. The highest BCUT2D eigenvalue weighted by Gasteiger charge is 2.11. The van der Waals surface area contributed by atoms with Gasteiger partial charge in [0.25, 0.3) is 0 Å². The molecule has 0 rings (SSSR count). The maximum atomic E-state index is 10.8. The van der Waals surface area contributed by atoms with E-state index in [1.165, 1.54) is 0 Å². The fraction of sp³-hybridized carbons (Fsp3) is 0.667. The second kappa shape index (κ2) is 4.80. The van der Waals surface area contributed by atoms with Gasteiger partial charge in [0.15, 0.2) is 9.84 Å². The molecule has 0 aliphatic heterocycles. The molecular formula is C6H9O6S-. The molecule has 0 aliphatic carbocycles. The molecule has 6 nitrogen and oxygen atoms in total. The average molecular weight is 209 g/mol. The zero-order valence-electron chi connectivity index (χ0n) is 6.98. The van der Waals surface area contributed by atoms with Crippen LogP contribution in [0.25, 0.3) is 0 Å². The van der Waals surface area contributed by atoms with Gasteiger partial charge in [0.2, 0.25) is 0 Å². The monoisotopic (exact) mass is 209 g/mol. The fourth-order valence-electron chi connectivity index (χ4n) is 0.564. The zero-order valence-corrected chi connectivity index (χ0v) is 7.80. The fourth-order valence-corrected chi connectivity index (χ4v) is 1.40. The minimum Gasteiger partial charge on any atom is -0.549 e. The summed E-state index contributed by atoms with van der Waals surface area (Å²) < 4.78 is 25.9. The van der Waals surface area contributed by atoms with Crippen molar-refractivity contribution >= 4 is 21.8 Å². The molecule has 0 aromatic rings. The molecule has 0 atom stereocenters. The molecule has 0 heterocycles. The number of carboxylic acids is 1. The summed E-state index contributed by atoms with van der Waals surface area (Å²) in [5.41, 5.74) is 0. The van der Waals surface area contributed by atoms with Crippen LogP contribution in [0.15, 0.2) is 0 Å². The van der Waals surface area contributed by atoms with Crippen molar-refractivity contribution < 1.29 is 27.9 Å². The third-order valence-corrected chi connectivity index (χ3v) is 2.50. The standard InChI is InChI=1S/C6H10O6S/c1-5(7)12-2-3-13(10,11)4-6(8)9/h2-4H2,1H3,(H,8,9)/p-1. The van der Waals surface area contributed by atoms with Crippen LogP contribution in [-0.4, -0.2) is 38.5 Å². The molecule has 0 aliphatic rings. The number of sulfone groups is 1. The van der Waals surface area contributed by atoms with Gasteiger partial charge < -0.3 is 14.6 Å². The number of ether oxygens (including phenoxy) is 1. The Morgan fingerprint density at radius 1 is 1.38 bits per heavy atom. The van der Waals surface area contributed by atoms with Gasteiger partial charge in [-0.15, -0.1) is 0 Å². The van der Waals surface area contributed by atoms with Gasteiger partial charge in [0.05, 0.1) is 17.5 Å². The molecule has 0 aromatic heterocycles. The number of hydrogen-bond donors (Lipinski definition) is 0. The smallest absolute Gasteiger partial charge is 0.302 e. The molecule has 0 amide bonds. The Morgan fingerprint density at radius 3 is 2.31 bits per heavy atom. The van der Waals surface area contributed by atoms with Crippen molar-refractivity contribution in [1.82, 2.24) is 0 Å². The molecule has 0 fully saturated rings. The highest BCUT2D eigenvalue weighted by Crippen LogP contribution is 1.90. The van der Waals surface area contributed by atoms with E-state index in [-0.39, 0.29) is 6.61 Å². The van der Waals surface area contributed by atoms with E-state index in [4.69, 9.17) is 0 Å². The number of aliphatic carboxylic acids is 1. The topological polar surface area (TPSA) is 101 Å².